The van der Waals surface area contributed by atoms with E-state index in [4.69, 9.17) is 23.2 Å². The highest BCUT2D eigenvalue weighted by Gasteiger charge is 2.25. The quantitative estimate of drug-likeness (QED) is 0.834. The second-order valence-electron chi connectivity index (χ2n) is 5.55. The minimum Gasteiger partial charge on any atom is -0.352 e. The van der Waals surface area contributed by atoms with E-state index in [9.17, 15) is 9.59 Å². The molecule has 7 heteroatoms. The van der Waals surface area contributed by atoms with Gasteiger partial charge in [-0.2, -0.15) is 0 Å². The van der Waals surface area contributed by atoms with E-state index in [1.165, 1.54) is 0 Å². The molecule has 1 atom stereocenters. The van der Waals surface area contributed by atoms with Gasteiger partial charge < -0.3 is 10.6 Å². The first-order chi connectivity index (χ1) is 10.4. The maximum absolute atomic E-state index is 12.2. The first-order valence-corrected chi connectivity index (χ1v) is 7.88. The zero-order valence-electron chi connectivity index (χ0n) is 12.5. The van der Waals surface area contributed by atoms with Gasteiger partial charge in [0.15, 0.2) is 0 Å². The Labute approximate surface area is 139 Å². The number of likely N-dealkylation sites (N-methyl/N-ethyl adjacent to an activating group) is 1. The molecule has 2 rings (SSSR count). The van der Waals surface area contributed by atoms with E-state index < -0.39 is 6.04 Å². The summed E-state index contributed by atoms with van der Waals surface area (Å²) in [5, 5.41) is 6.53. The van der Waals surface area contributed by atoms with E-state index in [1.54, 1.807) is 37.1 Å². The molecule has 1 aromatic rings. The van der Waals surface area contributed by atoms with E-state index in [-0.39, 0.29) is 18.4 Å². The van der Waals surface area contributed by atoms with E-state index in [0.717, 1.165) is 12.8 Å². The lowest BCUT2D eigenvalue weighted by Gasteiger charge is -2.23. The summed E-state index contributed by atoms with van der Waals surface area (Å²) in [5.74, 6) is -0.309. The molecular formula is C15H19Cl2N3O2. The van der Waals surface area contributed by atoms with Gasteiger partial charge in [-0.05, 0) is 45.0 Å². The summed E-state index contributed by atoms with van der Waals surface area (Å²) < 4.78 is 0. The summed E-state index contributed by atoms with van der Waals surface area (Å²) in [7, 11) is 1.73. The molecule has 1 saturated carbocycles. The summed E-state index contributed by atoms with van der Waals surface area (Å²) in [6, 6.07) is 4.71. The molecule has 1 fully saturated rings. The Morgan fingerprint density at radius 3 is 2.68 bits per heavy atom. The average molecular weight is 344 g/mol. The molecule has 0 heterocycles. The molecule has 0 spiro atoms. The molecule has 2 amide bonds. The molecule has 0 bridgehead atoms. The van der Waals surface area contributed by atoms with E-state index in [2.05, 4.69) is 10.6 Å². The summed E-state index contributed by atoms with van der Waals surface area (Å²) in [6.07, 6.45) is 2.08. The van der Waals surface area contributed by atoms with Crippen molar-refractivity contribution in [3.63, 3.8) is 0 Å². The lowest BCUT2D eigenvalue weighted by molar-refractivity contribution is -0.124. The van der Waals surface area contributed by atoms with Crippen molar-refractivity contribution in [3.8, 4) is 0 Å². The van der Waals surface area contributed by atoms with Crippen LogP contribution in [-0.4, -0.2) is 42.4 Å². The van der Waals surface area contributed by atoms with Gasteiger partial charge in [0, 0.05) is 11.1 Å². The van der Waals surface area contributed by atoms with Crippen LogP contribution in [-0.2, 0) is 9.59 Å². The molecule has 120 valence electrons. The molecule has 22 heavy (non-hydrogen) atoms. The number of halogens is 2. The molecule has 0 unspecified atom stereocenters. The largest absolute Gasteiger partial charge is 0.352 e. The van der Waals surface area contributed by atoms with Crippen LogP contribution in [0.2, 0.25) is 10.0 Å². The number of carbonyl (C=O) groups is 2. The third-order valence-corrected chi connectivity index (χ3v) is 4.13. The van der Waals surface area contributed by atoms with Crippen LogP contribution in [0.5, 0.6) is 0 Å². The van der Waals surface area contributed by atoms with Crippen molar-refractivity contribution in [1.82, 2.24) is 10.2 Å². The number of hydrogen-bond donors (Lipinski definition) is 2. The van der Waals surface area contributed by atoms with Crippen LogP contribution in [0.3, 0.4) is 0 Å². The van der Waals surface area contributed by atoms with Gasteiger partial charge in [-0.3, -0.25) is 14.5 Å². The first-order valence-electron chi connectivity index (χ1n) is 7.12. The summed E-state index contributed by atoms with van der Waals surface area (Å²) in [4.78, 5) is 25.7. The van der Waals surface area contributed by atoms with Crippen LogP contribution in [0.1, 0.15) is 19.8 Å². The number of carbonyl (C=O) groups excluding carboxylic acids is 2. The van der Waals surface area contributed by atoms with Crippen molar-refractivity contribution < 1.29 is 9.59 Å². The van der Waals surface area contributed by atoms with E-state index >= 15 is 0 Å². The Hall–Kier alpha value is -1.30. The van der Waals surface area contributed by atoms with Gasteiger partial charge in [-0.15, -0.1) is 0 Å². The first kappa shape index (κ1) is 17.1. The number of anilines is 1. The van der Waals surface area contributed by atoms with Gasteiger partial charge in [-0.1, -0.05) is 23.2 Å². The monoisotopic (exact) mass is 343 g/mol. The third-order valence-electron chi connectivity index (χ3n) is 3.56. The molecule has 1 aromatic carbocycles. The molecule has 1 aliphatic carbocycles. The van der Waals surface area contributed by atoms with Crippen LogP contribution in [0.4, 0.5) is 5.69 Å². The Morgan fingerprint density at radius 1 is 1.36 bits per heavy atom. The molecule has 0 saturated heterocycles. The van der Waals surface area contributed by atoms with Crippen LogP contribution < -0.4 is 10.6 Å². The predicted molar refractivity (Wildman–Crippen MR) is 88.3 cm³/mol. The van der Waals surface area contributed by atoms with Crippen LogP contribution in [0, 0.1) is 0 Å². The second-order valence-corrected chi connectivity index (χ2v) is 6.39. The molecular weight excluding hydrogens is 325 g/mol. The van der Waals surface area contributed by atoms with Gasteiger partial charge in [0.2, 0.25) is 11.8 Å². The Bertz CT molecular complexity index is 576. The maximum atomic E-state index is 12.2. The fourth-order valence-electron chi connectivity index (χ4n) is 1.90. The fraction of sp³-hybridized carbons (Fsp3) is 0.467. The summed E-state index contributed by atoms with van der Waals surface area (Å²) in [5.41, 5.74) is 0.460. The molecule has 0 aliphatic heterocycles. The maximum Gasteiger partial charge on any atom is 0.241 e. The summed E-state index contributed by atoms with van der Waals surface area (Å²) >= 11 is 11.9. The van der Waals surface area contributed by atoms with E-state index in [0.29, 0.717) is 21.8 Å². The number of amides is 2. The molecule has 2 N–H and O–H groups in total. The van der Waals surface area contributed by atoms with Crippen molar-refractivity contribution in [2.24, 2.45) is 0 Å². The molecule has 0 aromatic heterocycles. The lowest BCUT2D eigenvalue weighted by Crippen LogP contribution is -2.45. The molecule has 5 nitrogen and oxygen atoms in total. The van der Waals surface area contributed by atoms with Gasteiger partial charge in [-0.25, -0.2) is 0 Å². The van der Waals surface area contributed by atoms with Crippen molar-refractivity contribution in [3.05, 3.63) is 28.2 Å². The third kappa shape index (κ3) is 4.87. The standard InChI is InChI=1S/C15H19Cl2N3O2/c1-9(20(2)8-14(21)18-11-4-5-11)15(22)19-13-7-10(16)3-6-12(13)17/h3,6-7,9,11H,4-5,8H2,1-2H3,(H,18,21)(H,19,22)/t9-/m1/s1. The Morgan fingerprint density at radius 2 is 2.05 bits per heavy atom. The zero-order valence-corrected chi connectivity index (χ0v) is 14.0. The average Bonchev–Trinajstić information content (AvgIpc) is 3.25. The smallest absolute Gasteiger partial charge is 0.241 e. The minimum absolute atomic E-state index is 0.0644. The predicted octanol–water partition coefficient (Wildman–Crippen LogP) is 2.53. The van der Waals surface area contributed by atoms with Gasteiger partial charge >= 0.3 is 0 Å². The lowest BCUT2D eigenvalue weighted by atomic mass is 10.2. The van der Waals surface area contributed by atoms with Gasteiger partial charge in [0.05, 0.1) is 23.3 Å². The fourth-order valence-corrected chi connectivity index (χ4v) is 2.23. The normalized spacial score (nSPS) is 15.5. The van der Waals surface area contributed by atoms with Gasteiger partial charge in [0.25, 0.3) is 0 Å². The van der Waals surface area contributed by atoms with Crippen molar-refractivity contribution in [1.29, 1.82) is 0 Å². The number of hydrogen-bond acceptors (Lipinski definition) is 3. The highest BCUT2D eigenvalue weighted by atomic mass is 35.5. The second kappa shape index (κ2) is 7.31. The minimum atomic E-state index is -0.472. The van der Waals surface area contributed by atoms with E-state index in [1.807, 2.05) is 0 Å². The van der Waals surface area contributed by atoms with Gasteiger partial charge in [0.1, 0.15) is 0 Å². The van der Waals surface area contributed by atoms with Crippen molar-refractivity contribution in [2.75, 3.05) is 18.9 Å². The molecule has 0 radical (unpaired) electrons. The number of nitrogens with zero attached hydrogens (tertiary/aromatic N) is 1. The number of nitrogens with one attached hydrogen (secondary N) is 2. The molecule has 1 aliphatic rings. The highest BCUT2D eigenvalue weighted by molar-refractivity contribution is 6.35. The van der Waals surface area contributed by atoms with Crippen LogP contribution >= 0.6 is 23.2 Å². The Balaban J connectivity index is 1.89. The highest BCUT2D eigenvalue weighted by Crippen LogP contribution is 2.25. The van der Waals surface area contributed by atoms with Crippen molar-refractivity contribution >= 4 is 40.7 Å². The van der Waals surface area contributed by atoms with Crippen molar-refractivity contribution in [2.45, 2.75) is 31.8 Å². The van der Waals surface area contributed by atoms with Crippen LogP contribution in [0.15, 0.2) is 18.2 Å². The SMILES string of the molecule is C[C@H](C(=O)Nc1cc(Cl)ccc1Cl)N(C)CC(=O)NC1CC1. The zero-order chi connectivity index (χ0) is 16.3. The Kier molecular flexibility index (Phi) is 5.67. The number of benzene rings is 1. The summed E-state index contributed by atoms with van der Waals surface area (Å²) in [6.45, 7) is 1.91. The topological polar surface area (TPSA) is 61.4 Å². The number of rotatable bonds is 6. The van der Waals surface area contributed by atoms with Crippen LogP contribution in [0.25, 0.3) is 0 Å².